The minimum absolute atomic E-state index is 0.00414. The number of hydrogen-bond acceptors (Lipinski definition) is 6. The Labute approximate surface area is 184 Å². The molecule has 3 rings (SSSR count). The van der Waals surface area contributed by atoms with Crippen LogP contribution < -0.4 is 10.1 Å². The van der Waals surface area contributed by atoms with Gasteiger partial charge in [-0.05, 0) is 31.0 Å². The summed E-state index contributed by atoms with van der Waals surface area (Å²) in [5, 5.41) is 2.74. The largest absolute Gasteiger partial charge is 0.383 e. The van der Waals surface area contributed by atoms with Crippen molar-refractivity contribution in [3.8, 4) is 0 Å². The molecule has 1 saturated carbocycles. The van der Waals surface area contributed by atoms with Crippen molar-refractivity contribution >= 4 is 43.2 Å². The van der Waals surface area contributed by atoms with Gasteiger partial charge in [-0.3, -0.25) is 9.59 Å². The fourth-order valence-electron chi connectivity index (χ4n) is 3.63. The number of thiazole rings is 1. The monoisotopic (exact) mass is 471 g/mol. The smallest absolute Gasteiger partial charge is 0.263 e. The summed E-state index contributed by atoms with van der Waals surface area (Å²) < 4.78 is 45.6. The van der Waals surface area contributed by atoms with Crippen LogP contribution in [0.15, 0.2) is 23.2 Å². The van der Waals surface area contributed by atoms with Crippen molar-refractivity contribution < 1.29 is 27.1 Å². The molecular formula is C20H26FN3O5S2. The maximum Gasteiger partial charge on any atom is 0.263 e. The van der Waals surface area contributed by atoms with Gasteiger partial charge in [0.2, 0.25) is 5.91 Å². The highest BCUT2D eigenvalue weighted by molar-refractivity contribution is 7.92. The Morgan fingerprint density at radius 2 is 2.00 bits per heavy atom. The summed E-state index contributed by atoms with van der Waals surface area (Å²) in [5.41, 5.74) is 0.671. The van der Waals surface area contributed by atoms with Crippen LogP contribution in [0.2, 0.25) is 0 Å². The molecule has 0 bridgehead atoms. The first-order valence-electron chi connectivity index (χ1n) is 10.1. The predicted octanol–water partition coefficient (Wildman–Crippen LogP) is 1.78. The van der Waals surface area contributed by atoms with Crippen LogP contribution in [0.4, 0.5) is 4.39 Å². The summed E-state index contributed by atoms with van der Waals surface area (Å²) in [6.07, 6.45) is 4.83. The Morgan fingerprint density at radius 3 is 2.71 bits per heavy atom. The van der Waals surface area contributed by atoms with Gasteiger partial charge in [0.25, 0.3) is 5.91 Å². The van der Waals surface area contributed by atoms with Crippen molar-refractivity contribution in [3.05, 3.63) is 28.8 Å². The quantitative estimate of drug-likeness (QED) is 0.632. The molecule has 8 nitrogen and oxygen atoms in total. The van der Waals surface area contributed by atoms with Crippen molar-refractivity contribution in [2.75, 3.05) is 25.2 Å². The molecule has 1 aromatic heterocycles. The third-order valence-corrected chi connectivity index (χ3v) is 7.48. The van der Waals surface area contributed by atoms with Crippen LogP contribution in [-0.2, 0) is 30.7 Å². The Kier molecular flexibility index (Phi) is 7.95. The van der Waals surface area contributed by atoms with Crippen molar-refractivity contribution in [3.63, 3.8) is 0 Å². The zero-order chi connectivity index (χ0) is 22.4. The first-order valence-corrected chi connectivity index (χ1v) is 12.8. The first kappa shape index (κ1) is 23.6. The van der Waals surface area contributed by atoms with Gasteiger partial charge in [0.15, 0.2) is 14.6 Å². The summed E-state index contributed by atoms with van der Waals surface area (Å²) in [6.45, 7) is 0.703. The second-order valence-electron chi connectivity index (χ2n) is 7.58. The average Bonchev–Trinajstić information content (AvgIpc) is 3.01. The van der Waals surface area contributed by atoms with E-state index in [1.807, 2.05) is 0 Å². The maximum absolute atomic E-state index is 13.6. The fraction of sp³-hybridized carbons (Fsp3) is 0.550. The number of carbonyl (C=O) groups is 2. The topological polar surface area (TPSA) is 107 Å². The van der Waals surface area contributed by atoms with E-state index in [2.05, 4.69) is 10.3 Å². The van der Waals surface area contributed by atoms with Gasteiger partial charge in [-0.15, -0.1) is 0 Å². The lowest BCUT2D eigenvalue weighted by atomic mass is 9.95. The number of aromatic nitrogens is 1. The SMILES string of the molecule is COCCn1c(=NC(=O)CS(=O)(=O)CC(=O)NC2CCCCC2)sc2cc(F)ccc21. The number of hydrogen-bond donors (Lipinski definition) is 1. The van der Waals surface area contributed by atoms with Gasteiger partial charge in [0.1, 0.15) is 17.3 Å². The van der Waals surface area contributed by atoms with E-state index < -0.39 is 39.0 Å². The maximum atomic E-state index is 13.6. The Hall–Kier alpha value is -2.11. The molecule has 1 aliphatic rings. The van der Waals surface area contributed by atoms with Gasteiger partial charge in [0.05, 0.1) is 16.8 Å². The summed E-state index contributed by atoms with van der Waals surface area (Å²) in [5.74, 6) is -3.49. The number of halogens is 1. The lowest BCUT2D eigenvalue weighted by Gasteiger charge is -2.22. The van der Waals surface area contributed by atoms with Crippen molar-refractivity contribution in [2.24, 2.45) is 4.99 Å². The molecule has 2 amide bonds. The molecule has 1 fully saturated rings. The van der Waals surface area contributed by atoms with Gasteiger partial charge >= 0.3 is 0 Å². The predicted molar refractivity (Wildman–Crippen MR) is 116 cm³/mol. The van der Waals surface area contributed by atoms with Gasteiger partial charge in [-0.1, -0.05) is 30.6 Å². The molecule has 1 N–H and O–H groups in total. The molecule has 1 heterocycles. The van der Waals surface area contributed by atoms with Gasteiger partial charge in [-0.2, -0.15) is 4.99 Å². The Balaban J connectivity index is 1.73. The zero-order valence-electron chi connectivity index (χ0n) is 17.3. The molecule has 0 spiro atoms. The number of carbonyl (C=O) groups excluding carboxylic acids is 2. The highest BCUT2D eigenvalue weighted by Gasteiger charge is 2.23. The molecular weight excluding hydrogens is 445 g/mol. The number of fused-ring (bicyclic) bond motifs is 1. The number of nitrogens with one attached hydrogen (secondary N) is 1. The molecule has 0 saturated heterocycles. The van der Waals surface area contributed by atoms with Gasteiger partial charge in [0, 0.05) is 19.7 Å². The third-order valence-electron chi connectivity index (χ3n) is 5.05. The third kappa shape index (κ3) is 6.68. The van der Waals surface area contributed by atoms with E-state index in [1.165, 1.54) is 19.2 Å². The van der Waals surface area contributed by atoms with Crippen LogP contribution in [0, 0.1) is 5.82 Å². The van der Waals surface area contributed by atoms with Crippen molar-refractivity contribution in [1.82, 2.24) is 9.88 Å². The number of ether oxygens (including phenoxy) is 1. The molecule has 0 radical (unpaired) electrons. The van der Waals surface area contributed by atoms with E-state index in [9.17, 15) is 22.4 Å². The second-order valence-corrected chi connectivity index (χ2v) is 10.7. The van der Waals surface area contributed by atoms with Crippen molar-refractivity contribution in [2.45, 2.75) is 44.7 Å². The van der Waals surface area contributed by atoms with Crippen LogP contribution in [-0.4, -0.2) is 56.1 Å². The number of sulfone groups is 1. The van der Waals surface area contributed by atoms with E-state index in [4.69, 9.17) is 4.74 Å². The second kappa shape index (κ2) is 10.5. The summed E-state index contributed by atoms with van der Waals surface area (Å²) >= 11 is 1.09. The van der Waals surface area contributed by atoms with E-state index >= 15 is 0 Å². The molecule has 11 heteroatoms. The van der Waals surface area contributed by atoms with Crippen LogP contribution in [0.1, 0.15) is 32.1 Å². The lowest BCUT2D eigenvalue weighted by molar-refractivity contribution is -0.119. The lowest BCUT2D eigenvalue weighted by Crippen LogP contribution is -2.40. The number of methoxy groups -OCH3 is 1. The number of amides is 2. The van der Waals surface area contributed by atoms with Gasteiger partial charge < -0.3 is 14.6 Å². The van der Waals surface area contributed by atoms with Gasteiger partial charge in [-0.25, -0.2) is 12.8 Å². The number of rotatable bonds is 8. The number of benzene rings is 1. The molecule has 0 unspecified atom stereocenters. The first-order chi connectivity index (χ1) is 14.8. The fourth-order valence-corrected chi connectivity index (χ4v) is 5.75. The molecule has 0 aliphatic heterocycles. The normalized spacial score (nSPS) is 16.0. The van der Waals surface area contributed by atoms with E-state index in [-0.39, 0.29) is 10.8 Å². The standard InChI is InChI=1S/C20H26FN3O5S2/c1-29-10-9-24-16-8-7-14(21)11-17(16)30-20(24)23-19(26)13-31(27,28)12-18(25)22-15-5-3-2-4-6-15/h7-8,11,15H,2-6,9-10,12-13H2,1H3,(H,22,25). The van der Waals surface area contributed by atoms with E-state index in [0.29, 0.717) is 23.4 Å². The van der Waals surface area contributed by atoms with Crippen LogP contribution >= 0.6 is 11.3 Å². The molecule has 1 aliphatic carbocycles. The minimum atomic E-state index is -3.96. The minimum Gasteiger partial charge on any atom is -0.383 e. The molecule has 31 heavy (non-hydrogen) atoms. The highest BCUT2D eigenvalue weighted by atomic mass is 32.2. The Bertz CT molecular complexity index is 1120. The molecule has 2 aromatic rings. The summed E-state index contributed by atoms with van der Waals surface area (Å²) in [4.78, 5) is 28.7. The highest BCUT2D eigenvalue weighted by Crippen LogP contribution is 2.19. The van der Waals surface area contributed by atoms with Crippen LogP contribution in [0.3, 0.4) is 0 Å². The van der Waals surface area contributed by atoms with E-state index in [0.717, 1.165) is 43.4 Å². The zero-order valence-corrected chi connectivity index (χ0v) is 18.9. The molecule has 1 aromatic carbocycles. The Morgan fingerprint density at radius 1 is 1.26 bits per heavy atom. The van der Waals surface area contributed by atoms with Crippen LogP contribution in [0.5, 0.6) is 0 Å². The number of nitrogens with zero attached hydrogens (tertiary/aromatic N) is 2. The van der Waals surface area contributed by atoms with E-state index in [1.54, 1.807) is 10.6 Å². The summed E-state index contributed by atoms with van der Waals surface area (Å²) in [7, 11) is -2.43. The average molecular weight is 472 g/mol. The molecule has 170 valence electrons. The van der Waals surface area contributed by atoms with Crippen LogP contribution in [0.25, 0.3) is 10.2 Å². The summed E-state index contributed by atoms with van der Waals surface area (Å²) in [6, 6.07) is 4.21. The van der Waals surface area contributed by atoms with Crippen molar-refractivity contribution in [1.29, 1.82) is 0 Å². The molecule has 0 atom stereocenters.